The topological polar surface area (TPSA) is 63.4 Å². The van der Waals surface area contributed by atoms with E-state index in [1.54, 1.807) is 18.2 Å². The van der Waals surface area contributed by atoms with Crippen molar-refractivity contribution < 1.29 is 9.59 Å². The van der Waals surface area contributed by atoms with Crippen LogP contribution in [0.25, 0.3) is 0 Å². The Kier molecular flexibility index (Phi) is 11.6. The Morgan fingerprint density at radius 3 is 1.57 bits per heavy atom. The van der Waals surface area contributed by atoms with Gasteiger partial charge in [-0.2, -0.15) is 0 Å². The average molecular weight is 415 g/mol. The van der Waals surface area contributed by atoms with Crippen LogP contribution >= 0.6 is 0 Å². The molecular weight excluding hydrogens is 372 g/mol. The third-order valence-corrected chi connectivity index (χ3v) is 6.23. The van der Waals surface area contributed by atoms with Gasteiger partial charge in [0.1, 0.15) is 0 Å². The van der Waals surface area contributed by atoms with Crippen molar-refractivity contribution in [3.8, 4) is 0 Å². The van der Waals surface area contributed by atoms with E-state index in [1.165, 1.54) is 94.8 Å². The van der Waals surface area contributed by atoms with E-state index in [2.05, 4.69) is 6.92 Å². The molecule has 0 aliphatic carbocycles. The summed E-state index contributed by atoms with van der Waals surface area (Å²) in [7, 11) is 0. The zero-order valence-corrected chi connectivity index (χ0v) is 19.1. The number of unbranched alkanes of at least 4 members (excludes halogenated alkanes) is 15. The Hall–Kier alpha value is -1.84. The Balaban J connectivity index is 1.41. The van der Waals surface area contributed by atoms with Gasteiger partial charge in [-0.15, -0.1) is 0 Å². The molecule has 1 aliphatic heterocycles. The number of hydrogen-bond donors (Lipinski definition) is 1. The Morgan fingerprint density at radius 2 is 1.07 bits per heavy atom. The first-order chi connectivity index (χ1) is 14.6. The minimum Gasteiger partial charge on any atom is -0.399 e. The fourth-order valence-corrected chi connectivity index (χ4v) is 4.33. The molecule has 0 unspecified atom stereocenters. The number of nitrogens with two attached hydrogens (primary N) is 1. The molecule has 1 heterocycles. The lowest BCUT2D eigenvalue weighted by molar-refractivity contribution is 0.0651. The first kappa shape index (κ1) is 24.4. The molecule has 168 valence electrons. The van der Waals surface area contributed by atoms with Crippen molar-refractivity contribution in [1.29, 1.82) is 0 Å². The number of anilines is 1. The molecule has 2 N–H and O–H groups in total. The summed E-state index contributed by atoms with van der Waals surface area (Å²) in [6, 6.07) is 4.96. The second-order valence-corrected chi connectivity index (χ2v) is 8.87. The molecule has 30 heavy (non-hydrogen) atoms. The van der Waals surface area contributed by atoms with Crippen LogP contribution in [0.2, 0.25) is 0 Å². The maximum atomic E-state index is 12.4. The predicted molar refractivity (Wildman–Crippen MR) is 126 cm³/mol. The summed E-state index contributed by atoms with van der Waals surface area (Å²) in [4.78, 5) is 26.2. The second kappa shape index (κ2) is 14.2. The van der Waals surface area contributed by atoms with Crippen molar-refractivity contribution in [2.24, 2.45) is 0 Å². The van der Waals surface area contributed by atoms with Gasteiger partial charge in [0.15, 0.2) is 0 Å². The molecule has 0 fully saturated rings. The molecule has 1 aromatic carbocycles. The Bertz CT molecular complexity index is 656. The van der Waals surface area contributed by atoms with Gasteiger partial charge in [-0.05, 0) is 24.6 Å². The zero-order valence-electron chi connectivity index (χ0n) is 19.1. The number of hydrogen-bond acceptors (Lipinski definition) is 3. The summed E-state index contributed by atoms with van der Waals surface area (Å²) in [6.07, 6.45) is 21.1. The lowest BCUT2D eigenvalue weighted by Crippen LogP contribution is -2.30. The Labute approximate surface area is 183 Å². The first-order valence-corrected chi connectivity index (χ1v) is 12.4. The van der Waals surface area contributed by atoms with E-state index >= 15 is 0 Å². The average Bonchev–Trinajstić information content (AvgIpc) is 2.97. The van der Waals surface area contributed by atoms with Gasteiger partial charge in [0, 0.05) is 12.2 Å². The largest absolute Gasteiger partial charge is 0.399 e. The van der Waals surface area contributed by atoms with Crippen molar-refractivity contribution in [3.05, 3.63) is 29.3 Å². The van der Waals surface area contributed by atoms with E-state index in [1.807, 2.05) is 0 Å². The molecule has 1 aromatic rings. The number of carbonyl (C=O) groups is 2. The van der Waals surface area contributed by atoms with Crippen LogP contribution in [-0.4, -0.2) is 23.3 Å². The van der Waals surface area contributed by atoms with E-state index in [9.17, 15) is 9.59 Å². The number of imide groups is 1. The van der Waals surface area contributed by atoms with E-state index in [-0.39, 0.29) is 11.8 Å². The number of nitrogen functional groups attached to an aromatic ring is 1. The third kappa shape index (κ3) is 8.12. The van der Waals surface area contributed by atoms with Crippen molar-refractivity contribution >= 4 is 17.5 Å². The predicted octanol–water partition coefficient (Wildman–Crippen LogP) is 7.13. The van der Waals surface area contributed by atoms with Gasteiger partial charge >= 0.3 is 0 Å². The highest BCUT2D eigenvalue weighted by Gasteiger charge is 2.34. The first-order valence-electron chi connectivity index (χ1n) is 12.4. The number of carbonyl (C=O) groups excluding carboxylic acids is 2. The summed E-state index contributed by atoms with van der Waals surface area (Å²) in [6.45, 7) is 2.79. The van der Waals surface area contributed by atoms with Crippen molar-refractivity contribution in [2.75, 3.05) is 12.3 Å². The van der Waals surface area contributed by atoms with Gasteiger partial charge in [-0.25, -0.2) is 0 Å². The molecule has 4 nitrogen and oxygen atoms in total. The molecule has 0 atom stereocenters. The molecule has 0 saturated heterocycles. The Morgan fingerprint density at radius 1 is 0.633 bits per heavy atom. The molecular formula is C26H42N2O2. The molecule has 4 heteroatoms. The molecule has 0 radical (unpaired) electrons. The number of rotatable bonds is 17. The smallest absolute Gasteiger partial charge is 0.261 e. The van der Waals surface area contributed by atoms with Crippen LogP contribution in [0.5, 0.6) is 0 Å². The van der Waals surface area contributed by atoms with E-state index in [0.29, 0.717) is 23.4 Å². The summed E-state index contributed by atoms with van der Waals surface area (Å²) in [5.41, 5.74) is 7.22. The maximum absolute atomic E-state index is 12.4. The van der Waals surface area contributed by atoms with Gasteiger partial charge in [0.25, 0.3) is 11.8 Å². The lowest BCUT2D eigenvalue weighted by atomic mass is 10.0. The van der Waals surface area contributed by atoms with Gasteiger partial charge in [0.05, 0.1) is 11.1 Å². The van der Waals surface area contributed by atoms with Gasteiger partial charge in [-0.3, -0.25) is 14.5 Å². The highest BCUT2D eigenvalue weighted by molar-refractivity contribution is 6.21. The van der Waals surface area contributed by atoms with E-state index < -0.39 is 0 Å². The fraction of sp³-hybridized carbons (Fsp3) is 0.692. The van der Waals surface area contributed by atoms with Crippen LogP contribution in [0.4, 0.5) is 5.69 Å². The molecule has 0 bridgehead atoms. The van der Waals surface area contributed by atoms with Crippen LogP contribution in [0.3, 0.4) is 0 Å². The third-order valence-electron chi connectivity index (χ3n) is 6.23. The SMILES string of the molecule is CCCCCCCCCCCCCCCCCCN1C(=O)c2ccc(N)cc2C1=O. The van der Waals surface area contributed by atoms with Gasteiger partial charge in [-0.1, -0.05) is 103 Å². The number of nitrogens with zero attached hydrogens (tertiary/aromatic N) is 1. The monoisotopic (exact) mass is 414 g/mol. The normalized spacial score (nSPS) is 13.3. The zero-order chi connectivity index (χ0) is 21.6. The standard InChI is InChI=1S/C26H42N2O2/c1-2-3-4-5-6-7-8-9-10-11-12-13-14-15-16-17-20-28-25(29)23-19-18-22(27)21-24(23)26(28)30/h18-19,21H,2-17,20,27H2,1H3. The molecule has 2 rings (SSSR count). The molecule has 0 aromatic heterocycles. The van der Waals surface area contributed by atoms with E-state index in [4.69, 9.17) is 5.73 Å². The maximum Gasteiger partial charge on any atom is 0.261 e. The van der Waals surface area contributed by atoms with Crippen LogP contribution in [0.1, 0.15) is 130 Å². The minimum atomic E-state index is -0.191. The highest BCUT2D eigenvalue weighted by Crippen LogP contribution is 2.25. The van der Waals surface area contributed by atoms with Crippen molar-refractivity contribution in [3.63, 3.8) is 0 Å². The minimum absolute atomic E-state index is 0.170. The molecule has 1 aliphatic rings. The van der Waals surface area contributed by atoms with Crippen molar-refractivity contribution in [2.45, 2.75) is 110 Å². The number of amides is 2. The summed E-state index contributed by atoms with van der Waals surface area (Å²) < 4.78 is 0. The van der Waals surface area contributed by atoms with Gasteiger partial charge in [0.2, 0.25) is 0 Å². The quantitative estimate of drug-likeness (QED) is 0.167. The van der Waals surface area contributed by atoms with Crippen LogP contribution in [0, 0.1) is 0 Å². The molecule has 2 amide bonds. The summed E-state index contributed by atoms with van der Waals surface area (Å²) in [5.74, 6) is -0.362. The number of benzene rings is 1. The lowest BCUT2D eigenvalue weighted by Gasteiger charge is -2.13. The van der Waals surface area contributed by atoms with Crippen LogP contribution in [-0.2, 0) is 0 Å². The summed E-state index contributed by atoms with van der Waals surface area (Å²) >= 11 is 0. The van der Waals surface area contributed by atoms with Gasteiger partial charge < -0.3 is 5.73 Å². The fourth-order valence-electron chi connectivity index (χ4n) is 4.33. The summed E-state index contributed by atoms with van der Waals surface area (Å²) in [5, 5.41) is 0. The molecule has 0 saturated carbocycles. The number of fused-ring (bicyclic) bond motifs is 1. The van der Waals surface area contributed by atoms with Crippen molar-refractivity contribution in [1.82, 2.24) is 4.90 Å². The highest BCUT2D eigenvalue weighted by atomic mass is 16.2. The van der Waals surface area contributed by atoms with Crippen LogP contribution in [0.15, 0.2) is 18.2 Å². The molecule has 0 spiro atoms. The van der Waals surface area contributed by atoms with Crippen LogP contribution < -0.4 is 5.73 Å². The second-order valence-electron chi connectivity index (χ2n) is 8.87. The van der Waals surface area contributed by atoms with E-state index in [0.717, 1.165) is 12.8 Å².